The van der Waals surface area contributed by atoms with Crippen LogP contribution in [0.5, 0.6) is 11.5 Å². The molecule has 0 unspecified atom stereocenters. The highest BCUT2D eigenvalue weighted by molar-refractivity contribution is 9.10. The molecular weight excluding hydrogens is 392 g/mol. The molecule has 0 bridgehead atoms. The number of alkyl halides is 1. The average Bonchev–Trinajstić information content (AvgIpc) is 2.39. The number of benzene rings is 2. The van der Waals surface area contributed by atoms with Gasteiger partial charge in [-0.25, -0.2) is 0 Å². The largest absolute Gasteiger partial charge is 0.457 e. The molecule has 0 saturated carbocycles. The lowest BCUT2D eigenvalue weighted by Crippen LogP contribution is -2.12. The Labute approximate surface area is 144 Å². The smallest absolute Gasteiger partial charge is 0.131 e. The lowest BCUT2D eigenvalue weighted by Gasteiger charge is -2.23. The van der Waals surface area contributed by atoms with E-state index in [2.05, 4.69) is 83.8 Å². The van der Waals surface area contributed by atoms with E-state index in [0.29, 0.717) is 0 Å². The Balaban J connectivity index is 2.46. The molecule has 0 aliphatic carbocycles. The van der Waals surface area contributed by atoms with Crippen LogP contribution >= 0.6 is 31.9 Å². The van der Waals surface area contributed by atoms with Crippen LogP contribution in [0.4, 0.5) is 0 Å². The highest BCUT2D eigenvalue weighted by Gasteiger charge is 2.20. The molecule has 0 saturated heterocycles. The van der Waals surface area contributed by atoms with Gasteiger partial charge in [0.1, 0.15) is 11.5 Å². The van der Waals surface area contributed by atoms with Crippen molar-refractivity contribution in [3.05, 3.63) is 57.6 Å². The molecule has 2 rings (SSSR count). The molecule has 0 aliphatic heterocycles. The Kier molecular flexibility index (Phi) is 5.15. The van der Waals surface area contributed by atoms with Crippen LogP contribution in [-0.4, -0.2) is 0 Å². The van der Waals surface area contributed by atoms with Crippen molar-refractivity contribution in [2.75, 3.05) is 0 Å². The first kappa shape index (κ1) is 16.6. The molecular formula is C18H20Br2O. The molecule has 0 aromatic heterocycles. The predicted molar refractivity (Wildman–Crippen MR) is 96.7 cm³/mol. The molecule has 2 aromatic carbocycles. The van der Waals surface area contributed by atoms with Crippen molar-refractivity contribution in [2.45, 2.75) is 38.4 Å². The van der Waals surface area contributed by atoms with Gasteiger partial charge in [-0.05, 0) is 42.2 Å². The third-order valence-electron chi connectivity index (χ3n) is 3.33. The van der Waals surface area contributed by atoms with Crippen LogP contribution in [-0.2, 0) is 10.7 Å². The molecule has 3 heteroatoms. The molecule has 112 valence electrons. The monoisotopic (exact) mass is 410 g/mol. The Hall–Kier alpha value is -0.800. The minimum Gasteiger partial charge on any atom is -0.457 e. The highest BCUT2D eigenvalue weighted by atomic mass is 79.9. The molecule has 0 atom stereocenters. The highest BCUT2D eigenvalue weighted by Crippen LogP contribution is 2.37. The predicted octanol–water partition coefficient (Wildman–Crippen LogP) is 6.74. The zero-order valence-corrected chi connectivity index (χ0v) is 16.0. The first-order chi connectivity index (χ1) is 9.81. The summed E-state index contributed by atoms with van der Waals surface area (Å²) in [5, 5.41) is 0.762. The van der Waals surface area contributed by atoms with Gasteiger partial charge in [0, 0.05) is 20.9 Å². The van der Waals surface area contributed by atoms with E-state index in [1.54, 1.807) is 0 Å². The number of aryl methyl sites for hydroxylation is 1. The van der Waals surface area contributed by atoms with E-state index in [0.717, 1.165) is 26.9 Å². The molecule has 0 radical (unpaired) electrons. The van der Waals surface area contributed by atoms with Crippen LogP contribution < -0.4 is 4.74 Å². The summed E-state index contributed by atoms with van der Waals surface area (Å²) in [6.07, 6.45) is 0. The normalized spacial score (nSPS) is 11.5. The first-order valence-electron chi connectivity index (χ1n) is 6.94. The summed E-state index contributed by atoms with van der Waals surface area (Å²) in [4.78, 5) is 0. The fourth-order valence-corrected chi connectivity index (χ4v) is 3.05. The number of hydrogen-bond acceptors (Lipinski definition) is 1. The summed E-state index contributed by atoms with van der Waals surface area (Å²) in [7, 11) is 0. The van der Waals surface area contributed by atoms with Gasteiger partial charge in [0.25, 0.3) is 0 Å². The maximum absolute atomic E-state index is 6.24. The van der Waals surface area contributed by atoms with Crippen LogP contribution in [0.25, 0.3) is 0 Å². The van der Waals surface area contributed by atoms with Gasteiger partial charge < -0.3 is 4.74 Å². The van der Waals surface area contributed by atoms with E-state index in [1.165, 1.54) is 11.1 Å². The van der Waals surface area contributed by atoms with Crippen molar-refractivity contribution in [1.29, 1.82) is 0 Å². The third kappa shape index (κ3) is 4.10. The van der Waals surface area contributed by atoms with Gasteiger partial charge in [-0.15, -0.1) is 0 Å². The first-order valence-corrected chi connectivity index (χ1v) is 8.86. The Bertz CT molecular complexity index is 642. The summed E-state index contributed by atoms with van der Waals surface area (Å²) in [5.41, 5.74) is 3.60. The van der Waals surface area contributed by atoms with E-state index in [9.17, 15) is 0 Å². The van der Waals surface area contributed by atoms with Gasteiger partial charge >= 0.3 is 0 Å². The van der Waals surface area contributed by atoms with E-state index in [-0.39, 0.29) is 5.41 Å². The van der Waals surface area contributed by atoms with Crippen LogP contribution in [0.2, 0.25) is 0 Å². The van der Waals surface area contributed by atoms with Crippen LogP contribution in [0.15, 0.2) is 40.9 Å². The van der Waals surface area contributed by atoms with Crippen LogP contribution in [0, 0.1) is 6.92 Å². The summed E-state index contributed by atoms with van der Waals surface area (Å²) < 4.78 is 7.30. The number of ether oxygens (including phenoxy) is 1. The van der Waals surface area contributed by atoms with Gasteiger partial charge in [-0.2, -0.15) is 0 Å². The lowest BCUT2D eigenvalue weighted by atomic mass is 9.86. The number of hydrogen-bond donors (Lipinski definition) is 0. The summed E-state index contributed by atoms with van der Waals surface area (Å²) in [6.45, 7) is 8.71. The van der Waals surface area contributed by atoms with Crippen molar-refractivity contribution in [3.63, 3.8) is 0 Å². The van der Waals surface area contributed by atoms with Crippen LogP contribution in [0.3, 0.4) is 0 Å². The number of halogens is 2. The van der Waals surface area contributed by atoms with Crippen molar-refractivity contribution in [2.24, 2.45) is 0 Å². The molecule has 0 N–H and O–H groups in total. The molecule has 1 nitrogen and oxygen atoms in total. The van der Waals surface area contributed by atoms with E-state index < -0.39 is 0 Å². The summed E-state index contributed by atoms with van der Waals surface area (Å²) in [5.74, 6) is 1.83. The maximum atomic E-state index is 6.24. The Morgan fingerprint density at radius 1 is 1.00 bits per heavy atom. The Morgan fingerprint density at radius 3 is 2.33 bits per heavy atom. The van der Waals surface area contributed by atoms with Crippen molar-refractivity contribution < 1.29 is 4.74 Å². The fraction of sp³-hybridized carbons (Fsp3) is 0.333. The summed E-state index contributed by atoms with van der Waals surface area (Å²) in [6, 6.07) is 12.5. The molecule has 0 amide bonds. The van der Waals surface area contributed by atoms with Gasteiger partial charge in [-0.1, -0.05) is 64.8 Å². The lowest BCUT2D eigenvalue weighted by molar-refractivity contribution is 0.452. The van der Waals surface area contributed by atoms with E-state index >= 15 is 0 Å². The second-order valence-electron chi connectivity index (χ2n) is 6.24. The van der Waals surface area contributed by atoms with Gasteiger partial charge in [0.15, 0.2) is 0 Å². The second kappa shape index (κ2) is 6.53. The summed E-state index contributed by atoms with van der Waals surface area (Å²) >= 11 is 7.03. The van der Waals surface area contributed by atoms with E-state index in [4.69, 9.17) is 4.74 Å². The molecule has 21 heavy (non-hydrogen) atoms. The fourth-order valence-electron chi connectivity index (χ4n) is 2.20. The van der Waals surface area contributed by atoms with Crippen LogP contribution in [0.1, 0.15) is 37.5 Å². The topological polar surface area (TPSA) is 9.23 Å². The standard InChI is InChI=1S/C18H20Br2O/c1-12-5-7-15(18(2,3)4)17(9-12)21-16-8-6-14(20)10-13(16)11-19/h5-10H,11H2,1-4H3. The van der Waals surface area contributed by atoms with E-state index in [1.807, 2.05) is 12.1 Å². The molecule has 0 fully saturated rings. The maximum Gasteiger partial charge on any atom is 0.131 e. The van der Waals surface area contributed by atoms with Gasteiger partial charge in [0.05, 0.1) is 0 Å². The minimum atomic E-state index is 0.0486. The third-order valence-corrected chi connectivity index (χ3v) is 4.43. The second-order valence-corrected chi connectivity index (χ2v) is 7.71. The van der Waals surface area contributed by atoms with Gasteiger partial charge in [-0.3, -0.25) is 0 Å². The zero-order valence-electron chi connectivity index (χ0n) is 12.8. The zero-order chi connectivity index (χ0) is 15.6. The van der Waals surface area contributed by atoms with Gasteiger partial charge in [0.2, 0.25) is 0 Å². The molecule has 0 heterocycles. The molecule has 0 aliphatic rings. The van der Waals surface area contributed by atoms with Crippen molar-refractivity contribution in [1.82, 2.24) is 0 Å². The molecule has 2 aromatic rings. The molecule has 0 spiro atoms. The Morgan fingerprint density at radius 2 is 1.71 bits per heavy atom. The minimum absolute atomic E-state index is 0.0486. The SMILES string of the molecule is Cc1ccc(C(C)(C)C)c(Oc2ccc(Br)cc2CBr)c1. The average molecular weight is 412 g/mol. The quantitative estimate of drug-likeness (QED) is 0.508. The van der Waals surface area contributed by atoms with Crippen molar-refractivity contribution in [3.8, 4) is 11.5 Å². The number of rotatable bonds is 3. The van der Waals surface area contributed by atoms with Crippen molar-refractivity contribution >= 4 is 31.9 Å².